The fourth-order valence-corrected chi connectivity index (χ4v) is 2.72. The molecule has 2 aromatic carbocycles. The number of hydrogen-bond acceptors (Lipinski definition) is 4. The van der Waals surface area contributed by atoms with E-state index in [4.69, 9.17) is 9.47 Å². The van der Waals surface area contributed by atoms with E-state index in [1.165, 1.54) is 0 Å². The topological polar surface area (TPSA) is 52.6 Å². The molecule has 0 heterocycles. The summed E-state index contributed by atoms with van der Waals surface area (Å²) in [4.78, 5) is 24.1. The van der Waals surface area contributed by atoms with E-state index in [0.29, 0.717) is 11.5 Å². The maximum Gasteiger partial charge on any atom is 0.326 e. The molecule has 0 aliphatic rings. The predicted molar refractivity (Wildman–Crippen MR) is 132 cm³/mol. The number of esters is 2. The zero-order chi connectivity index (χ0) is 22.0. The first-order valence-corrected chi connectivity index (χ1v) is 11.4. The Balaban J connectivity index is 2.16. The SMILES string of the molecule is CC(C)(I)C(=O)Oc1ccc(C(C)(C)c2ccc(OC(=O)C(C)(C)I)cc2)cc1. The molecule has 0 bridgehead atoms. The highest BCUT2D eigenvalue weighted by molar-refractivity contribution is 14.1. The summed E-state index contributed by atoms with van der Waals surface area (Å²) in [5, 5.41) is 0. The first kappa shape index (κ1) is 24.1. The smallest absolute Gasteiger partial charge is 0.326 e. The van der Waals surface area contributed by atoms with Crippen LogP contribution in [0, 0.1) is 0 Å². The molecule has 0 N–H and O–H groups in total. The van der Waals surface area contributed by atoms with Crippen LogP contribution in [0.15, 0.2) is 48.5 Å². The van der Waals surface area contributed by atoms with Crippen LogP contribution < -0.4 is 9.47 Å². The lowest BCUT2D eigenvalue weighted by Crippen LogP contribution is -2.29. The number of benzene rings is 2. The summed E-state index contributed by atoms with van der Waals surface area (Å²) >= 11 is 4.13. The lowest BCUT2D eigenvalue weighted by molar-refractivity contribution is -0.136. The molecule has 0 spiro atoms. The Labute approximate surface area is 200 Å². The van der Waals surface area contributed by atoms with Crippen LogP contribution in [0.2, 0.25) is 0 Å². The highest BCUT2D eigenvalue weighted by Crippen LogP contribution is 2.34. The van der Waals surface area contributed by atoms with Gasteiger partial charge in [-0.2, -0.15) is 0 Å². The first-order chi connectivity index (χ1) is 13.2. The van der Waals surface area contributed by atoms with Crippen LogP contribution in [0.1, 0.15) is 52.7 Å². The second-order valence-corrected chi connectivity index (χ2v) is 13.8. The second kappa shape index (κ2) is 8.91. The average Bonchev–Trinajstić information content (AvgIpc) is 2.61. The summed E-state index contributed by atoms with van der Waals surface area (Å²) in [6.07, 6.45) is 0. The molecule has 2 aromatic rings. The van der Waals surface area contributed by atoms with Gasteiger partial charge in [-0.15, -0.1) is 0 Å². The van der Waals surface area contributed by atoms with E-state index in [9.17, 15) is 9.59 Å². The van der Waals surface area contributed by atoms with E-state index in [0.717, 1.165) is 11.1 Å². The van der Waals surface area contributed by atoms with Gasteiger partial charge in [-0.05, 0) is 63.1 Å². The molecule has 2 rings (SSSR count). The number of carbonyl (C=O) groups is 2. The predicted octanol–water partition coefficient (Wildman–Crippen LogP) is 6.25. The van der Waals surface area contributed by atoms with Gasteiger partial charge in [0, 0.05) is 5.41 Å². The Morgan fingerprint density at radius 3 is 1.14 bits per heavy atom. The summed E-state index contributed by atoms with van der Waals surface area (Å²) in [6, 6.07) is 15.1. The lowest BCUT2D eigenvalue weighted by atomic mass is 9.78. The zero-order valence-corrected chi connectivity index (χ0v) is 21.8. The van der Waals surface area contributed by atoms with E-state index in [2.05, 4.69) is 59.0 Å². The van der Waals surface area contributed by atoms with Crippen LogP contribution in [0.5, 0.6) is 11.5 Å². The fraction of sp³-hybridized carbons (Fsp3) is 0.391. The summed E-state index contributed by atoms with van der Waals surface area (Å²) < 4.78 is 9.72. The molecule has 0 atom stereocenters. The van der Waals surface area contributed by atoms with Gasteiger partial charge in [-0.1, -0.05) is 83.3 Å². The molecular formula is C23H26I2O4. The van der Waals surface area contributed by atoms with Crippen molar-refractivity contribution in [3.8, 4) is 11.5 Å². The summed E-state index contributed by atoms with van der Waals surface area (Å²) in [5.41, 5.74) is 1.91. The second-order valence-electron chi connectivity index (χ2n) is 8.40. The van der Waals surface area contributed by atoms with Gasteiger partial charge in [0.15, 0.2) is 0 Å². The van der Waals surface area contributed by atoms with Gasteiger partial charge in [0.1, 0.15) is 18.3 Å². The molecule has 0 fully saturated rings. The molecule has 156 valence electrons. The molecule has 0 radical (unpaired) electrons. The van der Waals surface area contributed by atoms with Crippen molar-refractivity contribution >= 4 is 57.1 Å². The van der Waals surface area contributed by atoms with Crippen LogP contribution >= 0.6 is 45.2 Å². The van der Waals surface area contributed by atoms with E-state index in [-0.39, 0.29) is 17.4 Å². The quantitative estimate of drug-likeness (QED) is 0.166. The van der Waals surface area contributed by atoms with Crippen molar-refractivity contribution in [3.63, 3.8) is 0 Å². The molecule has 0 unspecified atom stereocenters. The summed E-state index contributed by atoms with van der Waals surface area (Å²) in [5.74, 6) is 0.515. The Hall–Kier alpha value is -1.16. The molecule has 29 heavy (non-hydrogen) atoms. The van der Waals surface area contributed by atoms with E-state index in [1.807, 2.05) is 76.2 Å². The van der Waals surface area contributed by atoms with Crippen molar-refractivity contribution in [2.75, 3.05) is 0 Å². The molecule has 0 aliphatic carbocycles. The Morgan fingerprint density at radius 2 is 0.897 bits per heavy atom. The number of rotatable bonds is 6. The highest BCUT2D eigenvalue weighted by Gasteiger charge is 2.28. The zero-order valence-electron chi connectivity index (χ0n) is 17.5. The van der Waals surface area contributed by atoms with Gasteiger partial charge < -0.3 is 9.47 Å². The van der Waals surface area contributed by atoms with Crippen molar-refractivity contribution in [1.82, 2.24) is 0 Å². The van der Waals surface area contributed by atoms with Crippen molar-refractivity contribution in [3.05, 3.63) is 59.7 Å². The van der Waals surface area contributed by atoms with Crippen molar-refractivity contribution in [2.45, 2.75) is 53.8 Å². The minimum atomic E-state index is -0.576. The van der Waals surface area contributed by atoms with Crippen molar-refractivity contribution in [2.24, 2.45) is 0 Å². The molecule has 6 heteroatoms. The van der Waals surface area contributed by atoms with Crippen molar-refractivity contribution in [1.29, 1.82) is 0 Å². The number of hydrogen-bond donors (Lipinski definition) is 0. The third-order valence-electron chi connectivity index (χ3n) is 4.54. The average molecular weight is 620 g/mol. The largest absolute Gasteiger partial charge is 0.426 e. The van der Waals surface area contributed by atoms with Crippen LogP contribution in [-0.2, 0) is 15.0 Å². The minimum absolute atomic E-state index is 0.268. The van der Waals surface area contributed by atoms with Gasteiger partial charge in [-0.25, -0.2) is 0 Å². The van der Waals surface area contributed by atoms with Gasteiger partial charge in [0.2, 0.25) is 0 Å². The fourth-order valence-electron chi connectivity index (χ4n) is 2.50. The van der Waals surface area contributed by atoms with Gasteiger partial charge in [-0.3, -0.25) is 9.59 Å². The molecule has 0 amide bonds. The number of ether oxygens (including phenoxy) is 2. The van der Waals surface area contributed by atoms with Crippen LogP contribution in [0.25, 0.3) is 0 Å². The number of carbonyl (C=O) groups excluding carboxylic acids is 2. The Bertz CT molecular complexity index is 798. The molecule has 0 aromatic heterocycles. The monoisotopic (exact) mass is 620 g/mol. The van der Waals surface area contributed by atoms with Crippen LogP contribution in [-0.4, -0.2) is 18.8 Å². The van der Waals surface area contributed by atoms with E-state index < -0.39 is 6.84 Å². The lowest BCUT2D eigenvalue weighted by Gasteiger charge is -2.26. The van der Waals surface area contributed by atoms with Crippen LogP contribution in [0.3, 0.4) is 0 Å². The molecule has 4 nitrogen and oxygen atoms in total. The third kappa shape index (κ3) is 6.41. The third-order valence-corrected chi connectivity index (χ3v) is 5.42. The standard InChI is InChI=1S/C23H26I2O4/c1-21(2,15-7-11-17(12-8-15)28-19(26)22(3,4)24)16-9-13-18(14-10-16)29-20(27)23(5,6)25/h7-14H,1-6H3. The highest BCUT2D eigenvalue weighted by atomic mass is 127. The van der Waals surface area contributed by atoms with Gasteiger partial charge in [0.25, 0.3) is 0 Å². The number of halogens is 2. The molecule has 0 aliphatic heterocycles. The Kier molecular flexibility index (Phi) is 7.41. The number of alkyl halides is 2. The van der Waals surface area contributed by atoms with Crippen LogP contribution in [0.4, 0.5) is 0 Å². The molecule has 0 saturated heterocycles. The van der Waals surface area contributed by atoms with E-state index >= 15 is 0 Å². The minimum Gasteiger partial charge on any atom is -0.426 e. The maximum absolute atomic E-state index is 12.0. The van der Waals surface area contributed by atoms with E-state index in [1.54, 1.807) is 0 Å². The van der Waals surface area contributed by atoms with Gasteiger partial charge in [0.05, 0.1) is 0 Å². The maximum atomic E-state index is 12.0. The molecular weight excluding hydrogens is 594 g/mol. The normalized spacial score (nSPS) is 12.4. The molecule has 0 saturated carbocycles. The summed E-state index contributed by atoms with van der Waals surface area (Å²) in [6.45, 7) is 11.5. The van der Waals surface area contributed by atoms with Gasteiger partial charge >= 0.3 is 11.9 Å². The Morgan fingerprint density at radius 1 is 0.621 bits per heavy atom. The first-order valence-electron chi connectivity index (χ1n) is 9.25. The summed E-state index contributed by atoms with van der Waals surface area (Å²) in [7, 11) is 0. The van der Waals surface area contributed by atoms with Crippen molar-refractivity contribution < 1.29 is 19.1 Å².